The van der Waals surface area contributed by atoms with E-state index in [1.165, 1.54) is 12.1 Å². The lowest BCUT2D eigenvalue weighted by Gasteiger charge is -2.25. The van der Waals surface area contributed by atoms with E-state index in [4.69, 9.17) is 0 Å². The van der Waals surface area contributed by atoms with E-state index in [0.29, 0.717) is 12.5 Å². The van der Waals surface area contributed by atoms with Gasteiger partial charge in [-0.15, -0.1) is 0 Å². The zero-order chi connectivity index (χ0) is 15.9. The monoisotopic (exact) mass is 304 g/mol. The molecule has 1 aliphatic rings. The molecule has 2 aromatic rings. The molecule has 3 rings (SSSR count). The van der Waals surface area contributed by atoms with E-state index in [1.807, 2.05) is 18.5 Å². The Morgan fingerprint density at radius 3 is 2.95 bits per heavy atom. The predicted molar refractivity (Wildman–Crippen MR) is 83.7 cm³/mol. The molecular weight excluding hydrogens is 283 g/mol. The molecule has 0 aliphatic heterocycles. The maximum atomic E-state index is 13.7. The first kappa shape index (κ1) is 15.0. The summed E-state index contributed by atoms with van der Waals surface area (Å²) in [5.74, 6) is -1.11. The van der Waals surface area contributed by atoms with Gasteiger partial charge in [-0.05, 0) is 56.5 Å². The predicted octanol–water partition coefficient (Wildman–Crippen LogP) is 2.89. The third kappa shape index (κ3) is 2.29. The molecule has 1 aromatic heterocycles. The van der Waals surface area contributed by atoms with Crippen molar-refractivity contribution >= 4 is 16.9 Å². The van der Waals surface area contributed by atoms with Crippen molar-refractivity contribution in [3.8, 4) is 0 Å². The van der Waals surface area contributed by atoms with E-state index < -0.39 is 12.0 Å². The molecule has 2 N–H and O–H groups in total. The first-order valence-corrected chi connectivity index (χ1v) is 7.78. The second-order valence-electron chi connectivity index (χ2n) is 5.95. The largest absolute Gasteiger partial charge is 0.480 e. The number of halogens is 1. The van der Waals surface area contributed by atoms with Gasteiger partial charge in [0.05, 0.1) is 0 Å². The van der Waals surface area contributed by atoms with Crippen LogP contribution in [0.3, 0.4) is 0 Å². The Balaban J connectivity index is 2.26. The number of nitrogens with one attached hydrogen (secondary N) is 1. The highest BCUT2D eigenvalue weighted by Crippen LogP contribution is 2.35. The number of benzene rings is 1. The normalized spacial score (nSPS) is 19.1. The summed E-state index contributed by atoms with van der Waals surface area (Å²) < 4.78 is 15.6. The van der Waals surface area contributed by atoms with Crippen LogP contribution in [0.1, 0.15) is 37.1 Å². The Morgan fingerprint density at radius 2 is 2.32 bits per heavy atom. The fraction of sp³-hybridized carbons (Fsp3) is 0.471. The lowest BCUT2D eigenvalue weighted by Crippen LogP contribution is -2.32. The van der Waals surface area contributed by atoms with E-state index in [-0.39, 0.29) is 5.82 Å². The van der Waals surface area contributed by atoms with Gasteiger partial charge in [-0.3, -0.25) is 0 Å². The molecule has 2 unspecified atom stereocenters. The molecular formula is C17H21FN2O2. The first-order chi connectivity index (χ1) is 10.6. The van der Waals surface area contributed by atoms with E-state index in [9.17, 15) is 14.3 Å². The lowest BCUT2D eigenvalue weighted by molar-refractivity contribution is -0.140. The SMILES string of the molecule is CCC(C(=O)O)n1c2c(c3cc(F)ccc31)CC(NC)CC2. The smallest absolute Gasteiger partial charge is 0.326 e. The molecule has 4 nitrogen and oxygen atoms in total. The maximum Gasteiger partial charge on any atom is 0.326 e. The van der Waals surface area contributed by atoms with Gasteiger partial charge in [-0.1, -0.05) is 6.92 Å². The molecule has 0 amide bonds. The molecule has 0 saturated carbocycles. The van der Waals surface area contributed by atoms with Gasteiger partial charge in [0, 0.05) is 22.6 Å². The zero-order valence-corrected chi connectivity index (χ0v) is 12.9. The Labute approximate surface area is 128 Å². The number of hydrogen-bond acceptors (Lipinski definition) is 2. The molecule has 1 heterocycles. The summed E-state index contributed by atoms with van der Waals surface area (Å²) >= 11 is 0. The van der Waals surface area contributed by atoms with E-state index in [0.717, 1.165) is 41.4 Å². The summed E-state index contributed by atoms with van der Waals surface area (Å²) in [6, 6.07) is 4.43. The fourth-order valence-electron chi connectivity index (χ4n) is 3.63. The van der Waals surface area contributed by atoms with E-state index >= 15 is 0 Å². The van der Waals surface area contributed by atoms with Crippen LogP contribution in [0.25, 0.3) is 10.9 Å². The Morgan fingerprint density at radius 1 is 1.55 bits per heavy atom. The van der Waals surface area contributed by atoms with Crippen molar-refractivity contribution < 1.29 is 14.3 Å². The van der Waals surface area contributed by atoms with Gasteiger partial charge < -0.3 is 15.0 Å². The third-order valence-corrected chi connectivity index (χ3v) is 4.75. The minimum atomic E-state index is -0.831. The topological polar surface area (TPSA) is 54.3 Å². The van der Waals surface area contributed by atoms with Crippen LogP contribution in [-0.4, -0.2) is 28.7 Å². The molecule has 1 aliphatic carbocycles. The molecule has 118 valence electrons. The highest BCUT2D eigenvalue weighted by atomic mass is 19.1. The van der Waals surface area contributed by atoms with Crippen LogP contribution >= 0.6 is 0 Å². The molecule has 0 fully saturated rings. The van der Waals surface area contributed by atoms with Crippen LogP contribution < -0.4 is 5.32 Å². The van der Waals surface area contributed by atoms with Gasteiger partial charge in [0.1, 0.15) is 11.9 Å². The highest BCUT2D eigenvalue weighted by molar-refractivity contribution is 5.88. The van der Waals surface area contributed by atoms with Crippen molar-refractivity contribution in [3.05, 3.63) is 35.3 Å². The third-order valence-electron chi connectivity index (χ3n) is 4.75. The van der Waals surface area contributed by atoms with Crippen LogP contribution in [0, 0.1) is 5.82 Å². The summed E-state index contributed by atoms with van der Waals surface area (Å²) in [5.41, 5.74) is 2.98. The molecule has 0 radical (unpaired) electrons. The summed E-state index contributed by atoms with van der Waals surface area (Å²) in [6.07, 6.45) is 3.12. The lowest BCUT2D eigenvalue weighted by atomic mass is 9.91. The van der Waals surface area contributed by atoms with Gasteiger partial charge in [-0.2, -0.15) is 0 Å². The Bertz CT molecular complexity index is 723. The van der Waals surface area contributed by atoms with E-state index in [1.54, 1.807) is 6.07 Å². The number of likely N-dealkylation sites (N-methyl/N-ethyl adjacent to an activating group) is 1. The van der Waals surface area contributed by atoms with Gasteiger partial charge in [0.25, 0.3) is 0 Å². The molecule has 22 heavy (non-hydrogen) atoms. The molecule has 0 saturated heterocycles. The zero-order valence-electron chi connectivity index (χ0n) is 12.9. The van der Waals surface area contributed by atoms with Gasteiger partial charge in [0.2, 0.25) is 0 Å². The number of fused-ring (bicyclic) bond motifs is 3. The molecule has 5 heteroatoms. The number of carboxylic acid groups (broad SMARTS) is 1. The van der Waals surface area contributed by atoms with Crippen molar-refractivity contribution in [1.29, 1.82) is 0 Å². The quantitative estimate of drug-likeness (QED) is 0.913. The van der Waals surface area contributed by atoms with Crippen LogP contribution in [0.5, 0.6) is 0 Å². The number of nitrogens with zero attached hydrogens (tertiary/aromatic N) is 1. The number of carboxylic acids is 1. The van der Waals surface area contributed by atoms with E-state index in [2.05, 4.69) is 5.32 Å². The number of aromatic nitrogens is 1. The number of hydrogen-bond donors (Lipinski definition) is 2. The van der Waals surface area contributed by atoms with Gasteiger partial charge in [0.15, 0.2) is 0 Å². The first-order valence-electron chi connectivity index (χ1n) is 7.78. The van der Waals surface area contributed by atoms with Crippen LogP contribution in [0.4, 0.5) is 4.39 Å². The molecule has 1 aromatic carbocycles. The van der Waals surface area contributed by atoms with Crippen molar-refractivity contribution in [2.75, 3.05) is 7.05 Å². The summed E-state index contributed by atoms with van der Waals surface area (Å²) in [7, 11) is 1.93. The average molecular weight is 304 g/mol. The fourth-order valence-corrected chi connectivity index (χ4v) is 3.63. The number of rotatable bonds is 4. The Kier molecular flexibility index (Phi) is 3.91. The van der Waals surface area contributed by atoms with Gasteiger partial charge in [-0.25, -0.2) is 9.18 Å². The summed E-state index contributed by atoms with van der Waals surface area (Å²) in [5, 5.41) is 13.7. The van der Waals surface area contributed by atoms with Crippen molar-refractivity contribution in [2.24, 2.45) is 0 Å². The second kappa shape index (κ2) is 5.72. The van der Waals surface area contributed by atoms with Crippen LogP contribution in [-0.2, 0) is 17.6 Å². The number of aliphatic carboxylic acids is 1. The molecule has 0 spiro atoms. The summed E-state index contributed by atoms with van der Waals surface area (Å²) in [6.45, 7) is 1.87. The van der Waals surface area contributed by atoms with Crippen molar-refractivity contribution in [2.45, 2.75) is 44.7 Å². The Hall–Kier alpha value is -1.88. The molecule has 0 bridgehead atoms. The molecule has 2 atom stereocenters. The van der Waals surface area contributed by atoms with Crippen molar-refractivity contribution in [1.82, 2.24) is 9.88 Å². The van der Waals surface area contributed by atoms with Crippen LogP contribution in [0.2, 0.25) is 0 Å². The number of carbonyl (C=O) groups is 1. The second-order valence-corrected chi connectivity index (χ2v) is 5.95. The minimum absolute atomic E-state index is 0.276. The maximum absolute atomic E-state index is 13.7. The average Bonchev–Trinajstić information content (AvgIpc) is 2.81. The minimum Gasteiger partial charge on any atom is -0.480 e. The standard InChI is InChI=1S/C17H21FN2O2/c1-3-14(17(21)22)20-15-6-4-10(18)8-12(15)13-9-11(19-2)5-7-16(13)20/h4,6,8,11,14,19H,3,5,7,9H2,1-2H3,(H,21,22). The summed E-state index contributed by atoms with van der Waals surface area (Å²) in [4.78, 5) is 11.6. The van der Waals surface area contributed by atoms with Crippen molar-refractivity contribution in [3.63, 3.8) is 0 Å². The van der Waals surface area contributed by atoms with Crippen LogP contribution in [0.15, 0.2) is 18.2 Å². The highest BCUT2D eigenvalue weighted by Gasteiger charge is 2.29. The van der Waals surface area contributed by atoms with Gasteiger partial charge >= 0.3 is 5.97 Å².